The average Bonchev–Trinajstić information content (AvgIpc) is 3.54. The molecule has 0 spiro atoms. The Kier molecular flexibility index (Phi) is 4.85. The van der Waals surface area contributed by atoms with E-state index < -0.39 is 0 Å². The van der Waals surface area contributed by atoms with Gasteiger partial charge in [0, 0.05) is 50.9 Å². The van der Waals surface area contributed by atoms with Gasteiger partial charge in [-0.3, -0.25) is 4.98 Å². The van der Waals surface area contributed by atoms with E-state index in [4.69, 9.17) is 0 Å². The smallest absolute Gasteiger partial charge is 0.101 e. The fourth-order valence-electron chi connectivity index (χ4n) is 6.06. The topological polar surface area (TPSA) is 46.5 Å². The molecule has 8 aromatic rings. The summed E-state index contributed by atoms with van der Waals surface area (Å²) in [6.45, 7) is 0. The zero-order valence-corrected chi connectivity index (χ0v) is 21.5. The summed E-state index contributed by atoms with van der Waals surface area (Å²) in [4.78, 5) is 4.27. The summed E-state index contributed by atoms with van der Waals surface area (Å²) < 4.78 is 4.70. The van der Waals surface area contributed by atoms with Gasteiger partial charge in [-0.05, 0) is 60.2 Å². The Bertz CT molecular complexity index is 2240. The lowest BCUT2D eigenvalue weighted by Gasteiger charge is -2.13. The molecule has 4 heteroatoms. The second-order valence-electron chi connectivity index (χ2n) is 10.0. The Balaban J connectivity index is 1.37. The fourth-order valence-corrected chi connectivity index (χ4v) is 6.06. The van der Waals surface area contributed by atoms with E-state index in [-0.39, 0.29) is 0 Å². The number of fused-ring (bicyclic) bond motifs is 6. The highest BCUT2D eigenvalue weighted by atomic mass is 15.0. The maximum absolute atomic E-state index is 9.36. The summed E-state index contributed by atoms with van der Waals surface area (Å²) in [5, 5.41) is 14.2. The van der Waals surface area contributed by atoms with E-state index in [1.807, 2.05) is 12.3 Å². The predicted molar refractivity (Wildman–Crippen MR) is 163 cm³/mol. The molecule has 0 atom stereocenters. The molecule has 0 N–H and O–H groups in total. The number of hydrogen-bond donors (Lipinski definition) is 0. The largest absolute Gasteiger partial charge is 0.309 e. The third-order valence-electron chi connectivity index (χ3n) is 7.80. The Labute approximate surface area is 230 Å². The molecule has 0 aliphatic carbocycles. The van der Waals surface area contributed by atoms with E-state index in [2.05, 4.69) is 135 Å². The number of benzene rings is 5. The molecule has 0 aliphatic rings. The molecule has 40 heavy (non-hydrogen) atoms. The van der Waals surface area contributed by atoms with Gasteiger partial charge < -0.3 is 9.13 Å². The zero-order chi connectivity index (χ0) is 26.6. The number of aromatic nitrogens is 3. The molecule has 8 rings (SSSR count). The first-order valence-electron chi connectivity index (χ1n) is 13.3. The molecule has 0 amide bonds. The molecule has 0 aliphatic heterocycles. The van der Waals surface area contributed by atoms with Crippen LogP contribution < -0.4 is 0 Å². The normalized spacial score (nSPS) is 11.5. The number of para-hydroxylation sites is 3. The summed E-state index contributed by atoms with van der Waals surface area (Å²) >= 11 is 0. The molecule has 0 fully saturated rings. The van der Waals surface area contributed by atoms with Crippen molar-refractivity contribution in [2.24, 2.45) is 0 Å². The number of pyridine rings is 1. The van der Waals surface area contributed by atoms with Gasteiger partial charge >= 0.3 is 0 Å². The van der Waals surface area contributed by atoms with Crippen LogP contribution in [0, 0.1) is 11.3 Å². The van der Waals surface area contributed by atoms with Crippen molar-refractivity contribution in [1.29, 1.82) is 5.26 Å². The maximum Gasteiger partial charge on any atom is 0.101 e. The molecule has 0 unspecified atom stereocenters. The Morgan fingerprint density at radius 3 is 1.62 bits per heavy atom. The van der Waals surface area contributed by atoms with Crippen LogP contribution in [0.1, 0.15) is 5.56 Å². The van der Waals surface area contributed by atoms with Gasteiger partial charge in [0.15, 0.2) is 0 Å². The highest BCUT2D eigenvalue weighted by Crippen LogP contribution is 2.36. The predicted octanol–water partition coefficient (Wildman–Crippen LogP) is 8.81. The van der Waals surface area contributed by atoms with Crippen molar-refractivity contribution >= 4 is 43.6 Å². The zero-order valence-electron chi connectivity index (χ0n) is 21.5. The molecule has 3 heterocycles. The van der Waals surface area contributed by atoms with Crippen molar-refractivity contribution in [3.63, 3.8) is 0 Å². The molecular weight excluding hydrogens is 488 g/mol. The number of nitriles is 1. The van der Waals surface area contributed by atoms with Crippen LogP contribution in [0.5, 0.6) is 0 Å². The van der Waals surface area contributed by atoms with E-state index in [1.54, 1.807) is 6.20 Å². The van der Waals surface area contributed by atoms with Crippen LogP contribution in [0.4, 0.5) is 0 Å². The van der Waals surface area contributed by atoms with E-state index in [0.29, 0.717) is 5.56 Å². The van der Waals surface area contributed by atoms with Crippen molar-refractivity contribution in [3.8, 4) is 28.6 Å². The van der Waals surface area contributed by atoms with Crippen LogP contribution in [-0.4, -0.2) is 14.1 Å². The quantitative estimate of drug-likeness (QED) is 0.238. The lowest BCUT2D eigenvalue weighted by Crippen LogP contribution is -1.98. The molecule has 5 aromatic carbocycles. The van der Waals surface area contributed by atoms with Crippen LogP contribution in [0.2, 0.25) is 0 Å². The minimum absolute atomic E-state index is 0.557. The molecular formula is C36H22N4. The van der Waals surface area contributed by atoms with Crippen molar-refractivity contribution in [2.45, 2.75) is 0 Å². The van der Waals surface area contributed by atoms with Gasteiger partial charge in [-0.15, -0.1) is 0 Å². The van der Waals surface area contributed by atoms with Crippen molar-refractivity contribution in [3.05, 3.63) is 139 Å². The molecule has 0 saturated carbocycles. The standard InChI is InChI=1S/C36H22N4/c37-21-24-18-26(23-38-22-24)25-16-17-36-32(19-25)31-12-3-6-15-35(31)40(36)28-9-7-8-27(20-28)39-33-13-4-1-10-29(33)30-11-2-5-14-34(30)39/h1-20,22-23H. The Morgan fingerprint density at radius 1 is 0.475 bits per heavy atom. The van der Waals surface area contributed by atoms with E-state index in [0.717, 1.165) is 38.9 Å². The molecule has 0 saturated heterocycles. The van der Waals surface area contributed by atoms with Gasteiger partial charge in [-0.25, -0.2) is 0 Å². The van der Waals surface area contributed by atoms with Crippen LogP contribution in [0.3, 0.4) is 0 Å². The van der Waals surface area contributed by atoms with Gasteiger partial charge in [0.1, 0.15) is 6.07 Å². The lowest BCUT2D eigenvalue weighted by molar-refractivity contribution is 1.13. The van der Waals surface area contributed by atoms with Crippen molar-refractivity contribution in [1.82, 2.24) is 14.1 Å². The van der Waals surface area contributed by atoms with Crippen molar-refractivity contribution in [2.75, 3.05) is 0 Å². The number of rotatable bonds is 3. The summed E-state index contributed by atoms with van der Waals surface area (Å²) in [5.74, 6) is 0. The van der Waals surface area contributed by atoms with E-state index in [9.17, 15) is 5.26 Å². The molecule has 186 valence electrons. The molecule has 4 nitrogen and oxygen atoms in total. The SMILES string of the molecule is N#Cc1cncc(-c2ccc3c(c2)c2ccccc2n3-c2cccc(-n3c4ccccc4c4ccccc43)c2)c1. The number of hydrogen-bond acceptors (Lipinski definition) is 2. The first-order valence-corrected chi connectivity index (χ1v) is 13.3. The van der Waals surface area contributed by atoms with Crippen LogP contribution >= 0.6 is 0 Å². The molecule has 0 radical (unpaired) electrons. The maximum atomic E-state index is 9.36. The van der Waals surface area contributed by atoms with Gasteiger partial charge in [-0.1, -0.05) is 66.7 Å². The first kappa shape index (κ1) is 22.3. The average molecular weight is 511 g/mol. The van der Waals surface area contributed by atoms with Gasteiger partial charge in [0.2, 0.25) is 0 Å². The fraction of sp³-hybridized carbons (Fsp3) is 0. The monoisotopic (exact) mass is 510 g/mol. The number of nitrogens with zero attached hydrogens (tertiary/aromatic N) is 4. The van der Waals surface area contributed by atoms with Gasteiger partial charge in [-0.2, -0.15) is 5.26 Å². The summed E-state index contributed by atoms with van der Waals surface area (Å²) in [6.07, 6.45) is 3.41. The summed E-state index contributed by atoms with van der Waals surface area (Å²) in [5.41, 5.74) is 9.43. The highest BCUT2D eigenvalue weighted by Gasteiger charge is 2.16. The van der Waals surface area contributed by atoms with E-state index >= 15 is 0 Å². The van der Waals surface area contributed by atoms with Crippen LogP contribution in [0.25, 0.3) is 66.1 Å². The second kappa shape index (κ2) is 8.69. The van der Waals surface area contributed by atoms with Crippen molar-refractivity contribution < 1.29 is 0 Å². The minimum atomic E-state index is 0.557. The Morgan fingerprint density at radius 2 is 1.02 bits per heavy atom. The minimum Gasteiger partial charge on any atom is -0.309 e. The summed E-state index contributed by atoms with van der Waals surface area (Å²) in [7, 11) is 0. The van der Waals surface area contributed by atoms with E-state index in [1.165, 1.54) is 27.2 Å². The molecule has 3 aromatic heterocycles. The third-order valence-corrected chi connectivity index (χ3v) is 7.80. The van der Waals surface area contributed by atoms with Crippen LogP contribution in [-0.2, 0) is 0 Å². The third kappa shape index (κ3) is 3.28. The first-order chi connectivity index (χ1) is 19.8. The van der Waals surface area contributed by atoms with Gasteiger partial charge in [0.05, 0.1) is 27.6 Å². The Hall–Kier alpha value is -5.66. The lowest BCUT2D eigenvalue weighted by atomic mass is 10.0. The second-order valence-corrected chi connectivity index (χ2v) is 10.0. The van der Waals surface area contributed by atoms with Gasteiger partial charge in [0.25, 0.3) is 0 Å². The highest BCUT2D eigenvalue weighted by molar-refractivity contribution is 6.11. The molecule has 0 bridgehead atoms. The summed E-state index contributed by atoms with van der Waals surface area (Å²) in [6, 6.07) is 45.1. The van der Waals surface area contributed by atoms with Crippen LogP contribution in [0.15, 0.2) is 134 Å².